The second-order valence-electron chi connectivity index (χ2n) is 8.46. The highest BCUT2D eigenvalue weighted by Crippen LogP contribution is 2.34. The summed E-state index contributed by atoms with van der Waals surface area (Å²) in [5.74, 6) is 0.690. The monoisotopic (exact) mass is 487 g/mol. The number of benzene rings is 2. The van der Waals surface area contributed by atoms with Gasteiger partial charge in [-0.3, -0.25) is 14.3 Å². The average Bonchev–Trinajstić information content (AvgIpc) is 2.85. The second-order valence-corrected chi connectivity index (χ2v) is 8.46. The molecular weight excluding hydrogens is 459 g/mol. The van der Waals surface area contributed by atoms with Crippen LogP contribution in [0, 0.1) is 0 Å². The molecule has 0 saturated carbocycles. The van der Waals surface area contributed by atoms with Gasteiger partial charge in [0.2, 0.25) is 0 Å². The Morgan fingerprint density at radius 1 is 1.03 bits per heavy atom. The van der Waals surface area contributed by atoms with E-state index < -0.39 is 17.8 Å². The summed E-state index contributed by atoms with van der Waals surface area (Å²) >= 11 is 0. The van der Waals surface area contributed by atoms with Gasteiger partial charge in [-0.15, -0.1) is 0 Å². The second kappa shape index (κ2) is 10.1. The number of nitrogens with zero attached hydrogens (tertiary/aromatic N) is 4. The van der Waals surface area contributed by atoms with Crippen LogP contribution < -0.4 is 10.9 Å². The van der Waals surface area contributed by atoms with Crippen LogP contribution in [-0.2, 0) is 12.7 Å². The zero-order valence-electron chi connectivity index (χ0n) is 19.7. The van der Waals surface area contributed by atoms with E-state index in [-0.39, 0.29) is 17.3 Å². The first-order valence-corrected chi connectivity index (χ1v) is 11.7. The zero-order chi connectivity index (χ0) is 25.2. The van der Waals surface area contributed by atoms with Crippen LogP contribution in [0.5, 0.6) is 0 Å². The standard InChI is InChI=1S/C25H28F3N5O2/c1-3-21(22-29-19-11-7-5-9-17(19)23(34)33(22)4-2)31-13-15-32(16-14-31)24(35)30-20-12-8-6-10-18(20)25(26,27)28/h5-12,21H,3-4,13-16H2,1-2H3,(H,30,35). The smallest absolute Gasteiger partial charge is 0.322 e. The molecule has 0 aliphatic carbocycles. The number of rotatable bonds is 5. The Morgan fingerprint density at radius 3 is 2.34 bits per heavy atom. The summed E-state index contributed by atoms with van der Waals surface area (Å²) < 4.78 is 41.5. The Morgan fingerprint density at radius 2 is 1.69 bits per heavy atom. The van der Waals surface area contributed by atoms with Gasteiger partial charge in [0.1, 0.15) is 5.82 Å². The minimum Gasteiger partial charge on any atom is -0.322 e. The summed E-state index contributed by atoms with van der Waals surface area (Å²) in [6, 6.07) is 11.5. The maximum atomic E-state index is 13.3. The number of hydrogen-bond acceptors (Lipinski definition) is 4. The highest BCUT2D eigenvalue weighted by Gasteiger charge is 2.34. The van der Waals surface area contributed by atoms with Gasteiger partial charge in [0, 0.05) is 32.7 Å². The SMILES string of the molecule is CCC(c1nc2ccccc2c(=O)n1CC)N1CCN(C(=O)Nc2ccccc2C(F)(F)F)CC1. The van der Waals surface area contributed by atoms with Gasteiger partial charge in [-0.1, -0.05) is 31.2 Å². The number of carbonyl (C=O) groups excluding carboxylic acids is 1. The van der Waals surface area contributed by atoms with Crippen LogP contribution in [0.25, 0.3) is 10.9 Å². The van der Waals surface area contributed by atoms with Crippen molar-refractivity contribution in [3.8, 4) is 0 Å². The number of anilines is 1. The van der Waals surface area contributed by atoms with E-state index in [0.717, 1.165) is 12.5 Å². The zero-order valence-corrected chi connectivity index (χ0v) is 19.7. The van der Waals surface area contributed by atoms with Crippen molar-refractivity contribution < 1.29 is 18.0 Å². The fraction of sp³-hybridized carbons (Fsp3) is 0.400. The van der Waals surface area contributed by atoms with Gasteiger partial charge < -0.3 is 10.2 Å². The van der Waals surface area contributed by atoms with Gasteiger partial charge in [-0.05, 0) is 37.6 Å². The molecule has 7 nitrogen and oxygen atoms in total. The molecule has 0 bridgehead atoms. The molecule has 1 aliphatic rings. The van der Waals surface area contributed by atoms with Gasteiger partial charge in [0.25, 0.3) is 5.56 Å². The third-order valence-corrected chi connectivity index (χ3v) is 6.41. The number of piperazine rings is 1. The first kappa shape index (κ1) is 24.7. The Hall–Kier alpha value is -3.40. The molecule has 4 rings (SSSR count). The molecule has 3 aromatic rings. The van der Waals surface area contributed by atoms with E-state index >= 15 is 0 Å². The highest BCUT2D eigenvalue weighted by molar-refractivity contribution is 5.90. The third kappa shape index (κ3) is 5.02. The molecule has 186 valence electrons. The summed E-state index contributed by atoms with van der Waals surface area (Å²) in [6.07, 6.45) is -3.84. The Bertz CT molecular complexity index is 1270. The van der Waals surface area contributed by atoms with Crippen LogP contribution in [0.3, 0.4) is 0 Å². The highest BCUT2D eigenvalue weighted by atomic mass is 19.4. The summed E-state index contributed by atoms with van der Waals surface area (Å²) in [5.41, 5.74) is -0.561. The van der Waals surface area contributed by atoms with Crippen molar-refractivity contribution in [3.63, 3.8) is 0 Å². The quantitative estimate of drug-likeness (QED) is 0.565. The van der Waals surface area contributed by atoms with Crippen LogP contribution in [0.1, 0.15) is 37.7 Å². The van der Waals surface area contributed by atoms with E-state index in [1.54, 1.807) is 10.6 Å². The molecule has 1 N–H and O–H groups in total. The number of alkyl halides is 3. The van der Waals surface area contributed by atoms with Crippen molar-refractivity contribution >= 4 is 22.6 Å². The Balaban J connectivity index is 1.50. The van der Waals surface area contributed by atoms with Crippen molar-refractivity contribution in [1.29, 1.82) is 0 Å². The average molecular weight is 488 g/mol. The summed E-state index contributed by atoms with van der Waals surface area (Å²) in [7, 11) is 0. The van der Waals surface area contributed by atoms with E-state index in [9.17, 15) is 22.8 Å². The molecule has 1 atom stereocenters. The van der Waals surface area contributed by atoms with Gasteiger partial charge in [0.15, 0.2) is 0 Å². The molecule has 1 aromatic heterocycles. The number of nitrogens with one attached hydrogen (secondary N) is 1. The number of urea groups is 1. The van der Waals surface area contributed by atoms with Crippen molar-refractivity contribution in [2.24, 2.45) is 0 Å². The third-order valence-electron chi connectivity index (χ3n) is 6.41. The summed E-state index contributed by atoms with van der Waals surface area (Å²) in [4.78, 5) is 34.3. The van der Waals surface area contributed by atoms with Crippen molar-refractivity contribution in [2.45, 2.75) is 39.0 Å². The van der Waals surface area contributed by atoms with Crippen molar-refractivity contribution in [1.82, 2.24) is 19.4 Å². The maximum absolute atomic E-state index is 13.3. The molecule has 0 radical (unpaired) electrons. The van der Waals surface area contributed by atoms with Crippen LogP contribution in [0.4, 0.5) is 23.7 Å². The number of para-hydroxylation sites is 2. The van der Waals surface area contributed by atoms with Gasteiger partial charge in [0.05, 0.1) is 28.2 Å². The number of aromatic nitrogens is 2. The maximum Gasteiger partial charge on any atom is 0.418 e. The van der Waals surface area contributed by atoms with Crippen LogP contribution >= 0.6 is 0 Å². The first-order chi connectivity index (χ1) is 16.7. The lowest BCUT2D eigenvalue weighted by Gasteiger charge is -2.39. The number of carbonyl (C=O) groups is 1. The molecular formula is C25H28F3N5O2. The van der Waals surface area contributed by atoms with E-state index in [1.807, 2.05) is 32.0 Å². The molecule has 1 saturated heterocycles. The molecule has 35 heavy (non-hydrogen) atoms. The number of fused-ring (bicyclic) bond motifs is 1. The van der Waals surface area contributed by atoms with Crippen molar-refractivity contribution in [2.75, 3.05) is 31.5 Å². The fourth-order valence-corrected chi connectivity index (χ4v) is 4.62. The van der Waals surface area contributed by atoms with Gasteiger partial charge >= 0.3 is 12.2 Å². The fourth-order valence-electron chi connectivity index (χ4n) is 4.62. The molecule has 2 heterocycles. The Kier molecular flexibility index (Phi) is 7.11. The van der Waals surface area contributed by atoms with Crippen LogP contribution in [0.2, 0.25) is 0 Å². The predicted octanol–water partition coefficient (Wildman–Crippen LogP) is 4.74. The lowest BCUT2D eigenvalue weighted by molar-refractivity contribution is -0.136. The van der Waals surface area contributed by atoms with Crippen molar-refractivity contribution in [3.05, 3.63) is 70.3 Å². The summed E-state index contributed by atoms with van der Waals surface area (Å²) in [5, 5.41) is 2.99. The number of halogens is 3. The number of amides is 2. The number of hydrogen-bond donors (Lipinski definition) is 1. The minimum absolute atomic E-state index is 0.0760. The molecule has 2 aromatic carbocycles. The van der Waals surface area contributed by atoms with E-state index in [4.69, 9.17) is 4.98 Å². The predicted molar refractivity (Wildman–Crippen MR) is 128 cm³/mol. The lowest BCUT2D eigenvalue weighted by atomic mass is 10.1. The molecule has 10 heteroatoms. The first-order valence-electron chi connectivity index (χ1n) is 11.7. The Labute approximate surface area is 201 Å². The topological polar surface area (TPSA) is 70.5 Å². The summed E-state index contributed by atoms with van der Waals surface area (Å²) in [6.45, 7) is 6.15. The molecule has 1 unspecified atom stereocenters. The normalized spacial score (nSPS) is 15.9. The lowest BCUT2D eigenvalue weighted by Crippen LogP contribution is -2.51. The van der Waals surface area contributed by atoms with Crippen LogP contribution in [0.15, 0.2) is 53.3 Å². The minimum atomic E-state index is -4.56. The molecule has 1 aliphatic heterocycles. The van der Waals surface area contributed by atoms with E-state index in [2.05, 4.69) is 10.2 Å². The van der Waals surface area contributed by atoms with E-state index in [0.29, 0.717) is 49.5 Å². The van der Waals surface area contributed by atoms with Gasteiger partial charge in [-0.2, -0.15) is 13.2 Å². The molecule has 0 spiro atoms. The van der Waals surface area contributed by atoms with Crippen LogP contribution in [-0.4, -0.2) is 51.6 Å². The largest absolute Gasteiger partial charge is 0.418 e. The van der Waals surface area contributed by atoms with E-state index in [1.165, 1.54) is 23.1 Å². The molecule has 2 amide bonds. The van der Waals surface area contributed by atoms with Gasteiger partial charge in [-0.25, -0.2) is 9.78 Å². The molecule has 1 fully saturated rings.